The molecule has 0 radical (unpaired) electrons. The van der Waals surface area contributed by atoms with Crippen molar-refractivity contribution < 1.29 is 9.53 Å². The summed E-state index contributed by atoms with van der Waals surface area (Å²) in [6.45, 7) is 2.87. The lowest BCUT2D eigenvalue weighted by molar-refractivity contribution is 0.0927. The summed E-state index contributed by atoms with van der Waals surface area (Å²) in [6, 6.07) is 20.9. The minimum atomic E-state index is -0.143. The SMILES string of the molecule is COc1cccc(C(CN2CCCC2)NC(=O)c2cccc(-c3ccc(N)c(C=N)c3)c2)c1. The van der Waals surface area contributed by atoms with Crippen molar-refractivity contribution in [1.29, 1.82) is 5.41 Å². The highest BCUT2D eigenvalue weighted by atomic mass is 16.5. The monoisotopic (exact) mass is 442 g/mol. The van der Waals surface area contributed by atoms with Crippen LogP contribution in [0.25, 0.3) is 11.1 Å². The second-order valence-corrected chi connectivity index (χ2v) is 8.38. The highest BCUT2D eigenvalue weighted by Gasteiger charge is 2.22. The van der Waals surface area contributed by atoms with Gasteiger partial charge in [-0.15, -0.1) is 0 Å². The molecule has 1 amide bonds. The van der Waals surface area contributed by atoms with Crippen LogP contribution in [0.2, 0.25) is 0 Å². The molecule has 4 rings (SSSR count). The van der Waals surface area contributed by atoms with Crippen LogP contribution in [-0.2, 0) is 0 Å². The smallest absolute Gasteiger partial charge is 0.251 e. The van der Waals surface area contributed by atoms with Crippen LogP contribution in [0.4, 0.5) is 5.69 Å². The number of methoxy groups -OCH3 is 1. The van der Waals surface area contributed by atoms with Gasteiger partial charge in [-0.25, -0.2) is 0 Å². The lowest BCUT2D eigenvalue weighted by Crippen LogP contribution is -2.37. The van der Waals surface area contributed by atoms with E-state index in [1.807, 2.05) is 60.7 Å². The zero-order valence-corrected chi connectivity index (χ0v) is 18.9. The normalized spacial score (nSPS) is 14.6. The predicted octanol–water partition coefficient (Wildman–Crippen LogP) is 4.51. The van der Waals surface area contributed by atoms with Gasteiger partial charge >= 0.3 is 0 Å². The van der Waals surface area contributed by atoms with Crippen molar-refractivity contribution in [3.05, 3.63) is 83.4 Å². The highest BCUT2D eigenvalue weighted by molar-refractivity contribution is 5.96. The number of benzene rings is 3. The van der Waals surface area contributed by atoms with Crippen LogP contribution in [-0.4, -0.2) is 43.8 Å². The predicted molar refractivity (Wildman–Crippen MR) is 133 cm³/mol. The largest absolute Gasteiger partial charge is 0.497 e. The second kappa shape index (κ2) is 10.3. The molecular weight excluding hydrogens is 412 g/mol. The summed E-state index contributed by atoms with van der Waals surface area (Å²) < 4.78 is 5.41. The Kier molecular flexibility index (Phi) is 7.05. The molecular formula is C27H30N4O2. The molecule has 1 aliphatic rings. The van der Waals surface area contributed by atoms with Crippen LogP contribution >= 0.6 is 0 Å². The standard InChI is InChI=1S/C27H30N4O2/c1-33-24-9-5-7-21(16-24)26(18-31-12-2-3-13-31)30-27(32)22-8-4-6-19(14-22)20-10-11-25(29)23(15-20)17-28/h4-11,14-17,26,28H,2-3,12-13,18,29H2,1H3,(H,30,32). The third-order valence-electron chi connectivity index (χ3n) is 6.14. The first kappa shape index (κ1) is 22.6. The van der Waals surface area contributed by atoms with Crippen LogP contribution in [0.15, 0.2) is 66.7 Å². The van der Waals surface area contributed by atoms with E-state index in [9.17, 15) is 4.79 Å². The van der Waals surface area contributed by atoms with Gasteiger partial charge < -0.3 is 26.1 Å². The molecule has 3 aromatic carbocycles. The third kappa shape index (κ3) is 5.41. The number of rotatable bonds is 8. The van der Waals surface area contributed by atoms with Crippen LogP contribution in [0, 0.1) is 5.41 Å². The number of hydrogen-bond acceptors (Lipinski definition) is 5. The van der Waals surface area contributed by atoms with E-state index in [1.165, 1.54) is 19.1 Å². The van der Waals surface area contributed by atoms with Gasteiger partial charge in [0.25, 0.3) is 5.91 Å². The zero-order valence-electron chi connectivity index (χ0n) is 18.9. The molecule has 0 aromatic heterocycles. The van der Waals surface area contributed by atoms with Gasteiger partial charge in [-0.05, 0) is 79.0 Å². The van der Waals surface area contributed by atoms with Crippen LogP contribution < -0.4 is 15.8 Å². The van der Waals surface area contributed by atoms with E-state index in [0.29, 0.717) is 16.8 Å². The van der Waals surface area contributed by atoms with Crippen molar-refractivity contribution in [2.75, 3.05) is 32.5 Å². The highest BCUT2D eigenvalue weighted by Crippen LogP contribution is 2.25. The van der Waals surface area contributed by atoms with Gasteiger partial charge in [-0.1, -0.05) is 30.3 Å². The summed E-state index contributed by atoms with van der Waals surface area (Å²) >= 11 is 0. The van der Waals surface area contributed by atoms with E-state index >= 15 is 0 Å². The summed E-state index contributed by atoms with van der Waals surface area (Å²) in [5.41, 5.74) is 10.6. The molecule has 4 N–H and O–H groups in total. The van der Waals surface area contributed by atoms with Crippen molar-refractivity contribution in [1.82, 2.24) is 10.2 Å². The number of hydrogen-bond donors (Lipinski definition) is 3. The molecule has 33 heavy (non-hydrogen) atoms. The number of carbonyl (C=O) groups excluding carboxylic acids is 1. The zero-order chi connectivity index (χ0) is 23.2. The molecule has 0 saturated carbocycles. The number of anilines is 1. The summed E-state index contributed by atoms with van der Waals surface area (Å²) in [7, 11) is 1.65. The van der Waals surface area contributed by atoms with Gasteiger partial charge in [0, 0.05) is 29.6 Å². The molecule has 1 saturated heterocycles. The Morgan fingerprint density at radius 2 is 1.85 bits per heavy atom. The van der Waals surface area contributed by atoms with Gasteiger partial charge in [-0.3, -0.25) is 4.79 Å². The van der Waals surface area contributed by atoms with E-state index < -0.39 is 0 Å². The minimum Gasteiger partial charge on any atom is -0.497 e. The number of nitrogen functional groups attached to an aromatic ring is 1. The Morgan fingerprint density at radius 1 is 1.09 bits per heavy atom. The first-order valence-corrected chi connectivity index (χ1v) is 11.2. The number of nitrogens with two attached hydrogens (primary N) is 1. The lowest BCUT2D eigenvalue weighted by atomic mass is 9.99. The average molecular weight is 443 g/mol. The first-order chi connectivity index (χ1) is 16.1. The molecule has 3 aromatic rings. The Bertz CT molecular complexity index is 1140. The average Bonchev–Trinajstić information content (AvgIpc) is 3.37. The molecule has 1 unspecified atom stereocenters. The minimum absolute atomic E-state index is 0.119. The molecule has 6 heteroatoms. The number of likely N-dealkylation sites (tertiary alicyclic amines) is 1. The first-order valence-electron chi connectivity index (χ1n) is 11.2. The van der Waals surface area contributed by atoms with Crippen molar-refractivity contribution in [2.45, 2.75) is 18.9 Å². The van der Waals surface area contributed by atoms with Gasteiger partial charge in [0.2, 0.25) is 0 Å². The van der Waals surface area contributed by atoms with Gasteiger partial charge in [0.15, 0.2) is 0 Å². The topological polar surface area (TPSA) is 91.4 Å². The fourth-order valence-corrected chi connectivity index (χ4v) is 4.28. The number of ether oxygens (including phenoxy) is 1. The molecule has 1 fully saturated rings. The van der Waals surface area contributed by atoms with Crippen LogP contribution in [0.1, 0.15) is 40.4 Å². The molecule has 0 bridgehead atoms. The lowest BCUT2D eigenvalue weighted by Gasteiger charge is -2.25. The number of nitrogens with one attached hydrogen (secondary N) is 2. The van der Waals surface area contributed by atoms with E-state index in [4.69, 9.17) is 15.9 Å². The van der Waals surface area contributed by atoms with Crippen LogP contribution in [0.5, 0.6) is 5.75 Å². The molecule has 1 atom stereocenters. The maximum atomic E-state index is 13.3. The van der Waals surface area contributed by atoms with E-state index in [-0.39, 0.29) is 11.9 Å². The molecule has 1 heterocycles. The summed E-state index contributed by atoms with van der Waals surface area (Å²) in [5, 5.41) is 10.8. The summed E-state index contributed by atoms with van der Waals surface area (Å²) in [6.07, 6.45) is 3.63. The second-order valence-electron chi connectivity index (χ2n) is 8.38. The quantitative estimate of drug-likeness (QED) is 0.354. The van der Waals surface area contributed by atoms with Crippen molar-refractivity contribution >= 4 is 17.8 Å². The Labute approximate surface area is 194 Å². The van der Waals surface area contributed by atoms with Crippen molar-refractivity contribution in [2.24, 2.45) is 0 Å². The Balaban J connectivity index is 1.58. The Morgan fingerprint density at radius 3 is 2.61 bits per heavy atom. The molecule has 170 valence electrons. The third-order valence-corrected chi connectivity index (χ3v) is 6.14. The maximum Gasteiger partial charge on any atom is 0.251 e. The van der Waals surface area contributed by atoms with E-state index in [2.05, 4.69) is 10.2 Å². The molecule has 1 aliphatic heterocycles. The molecule has 0 aliphatic carbocycles. The summed E-state index contributed by atoms with van der Waals surface area (Å²) in [4.78, 5) is 15.7. The Hall–Kier alpha value is -3.64. The molecule has 0 spiro atoms. The fourth-order valence-electron chi connectivity index (χ4n) is 4.28. The van der Waals surface area contributed by atoms with Gasteiger partial charge in [0.1, 0.15) is 5.75 Å². The number of amides is 1. The van der Waals surface area contributed by atoms with Crippen molar-refractivity contribution in [3.63, 3.8) is 0 Å². The number of carbonyl (C=O) groups is 1. The summed E-state index contributed by atoms with van der Waals surface area (Å²) in [5.74, 6) is 0.659. The molecule has 6 nitrogen and oxygen atoms in total. The van der Waals surface area contributed by atoms with E-state index in [0.717, 1.165) is 42.1 Å². The maximum absolute atomic E-state index is 13.3. The van der Waals surface area contributed by atoms with Gasteiger partial charge in [0.05, 0.1) is 13.2 Å². The fraction of sp³-hybridized carbons (Fsp3) is 0.259. The van der Waals surface area contributed by atoms with Crippen molar-refractivity contribution in [3.8, 4) is 16.9 Å². The van der Waals surface area contributed by atoms with E-state index in [1.54, 1.807) is 13.2 Å². The van der Waals surface area contributed by atoms with Crippen LogP contribution in [0.3, 0.4) is 0 Å². The van der Waals surface area contributed by atoms with Gasteiger partial charge in [-0.2, -0.15) is 0 Å². The number of nitrogens with zero attached hydrogens (tertiary/aromatic N) is 1.